The highest BCUT2D eigenvalue weighted by atomic mass is 19.1. The fourth-order valence-electron chi connectivity index (χ4n) is 1.89. The molecule has 1 unspecified atom stereocenters. The average molecular weight is 264 g/mol. The SMILES string of the molecule is Cc1cccc(C(=O)NC2CCC(=O)NC2=O)c1F. The Morgan fingerprint density at radius 2 is 2.16 bits per heavy atom. The molecule has 1 fully saturated rings. The Balaban J connectivity index is 2.11. The van der Waals surface area contributed by atoms with Gasteiger partial charge in [0.15, 0.2) is 0 Å². The second-order valence-corrected chi connectivity index (χ2v) is 4.41. The summed E-state index contributed by atoms with van der Waals surface area (Å²) in [5, 5.41) is 4.56. The van der Waals surface area contributed by atoms with Crippen molar-refractivity contribution in [1.82, 2.24) is 10.6 Å². The highest BCUT2D eigenvalue weighted by Gasteiger charge is 2.28. The van der Waals surface area contributed by atoms with Crippen molar-refractivity contribution < 1.29 is 18.8 Å². The first-order chi connectivity index (χ1) is 8.99. The number of imide groups is 1. The molecule has 1 aromatic carbocycles. The summed E-state index contributed by atoms with van der Waals surface area (Å²) in [6.45, 7) is 1.55. The molecular formula is C13H13FN2O3. The highest BCUT2D eigenvalue weighted by molar-refractivity contribution is 6.03. The summed E-state index contributed by atoms with van der Waals surface area (Å²) in [7, 11) is 0. The fraction of sp³-hybridized carbons (Fsp3) is 0.308. The van der Waals surface area contributed by atoms with Crippen molar-refractivity contribution in [1.29, 1.82) is 0 Å². The predicted molar refractivity (Wildman–Crippen MR) is 64.8 cm³/mol. The van der Waals surface area contributed by atoms with Gasteiger partial charge in [0.25, 0.3) is 5.91 Å². The molecule has 1 aromatic rings. The number of rotatable bonds is 2. The van der Waals surface area contributed by atoms with Crippen LogP contribution in [0, 0.1) is 12.7 Å². The third-order valence-electron chi connectivity index (χ3n) is 2.98. The summed E-state index contributed by atoms with van der Waals surface area (Å²) >= 11 is 0. The Kier molecular flexibility index (Phi) is 3.59. The van der Waals surface area contributed by atoms with E-state index in [1.54, 1.807) is 19.1 Å². The largest absolute Gasteiger partial charge is 0.340 e. The van der Waals surface area contributed by atoms with Gasteiger partial charge in [0.1, 0.15) is 11.9 Å². The number of carbonyl (C=O) groups excluding carboxylic acids is 3. The summed E-state index contributed by atoms with van der Waals surface area (Å²) in [4.78, 5) is 34.3. The molecule has 2 N–H and O–H groups in total. The van der Waals surface area contributed by atoms with Crippen LogP contribution in [-0.4, -0.2) is 23.8 Å². The first-order valence-corrected chi connectivity index (χ1v) is 5.88. The van der Waals surface area contributed by atoms with Crippen molar-refractivity contribution in [3.63, 3.8) is 0 Å². The first-order valence-electron chi connectivity index (χ1n) is 5.88. The Hall–Kier alpha value is -2.24. The first kappa shape index (κ1) is 13.2. The van der Waals surface area contributed by atoms with Gasteiger partial charge in [-0.3, -0.25) is 19.7 Å². The number of amides is 3. The van der Waals surface area contributed by atoms with Gasteiger partial charge in [-0.05, 0) is 25.0 Å². The lowest BCUT2D eigenvalue weighted by Crippen LogP contribution is -2.52. The Labute approximate surface area is 109 Å². The Morgan fingerprint density at radius 3 is 2.84 bits per heavy atom. The van der Waals surface area contributed by atoms with E-state index in [0.717, 1.165) is 0 Å². The van der Waals surface area contributed by atoms with Crippen LogP contribution in [0.1, 0.15) is 28.8 Å². The number of halogens is 1. The molecule has 0 aliphatic carbocycles. The number of carbonyl (C=O) groups is 3. The molecule has 0 spiro atoms. The summed E-state index contributed by atoms with van der Waals surface area (Å²) in [6, 6.07) is 3.67. The molecule has 6 heteroatoms. The van der Waals surface area contributed by atoms with Gasteiger partial charge in [-0.15, -0.1) is 0 Å². The van der Waals surface area contributed by atoms with E-state index in [-0.39, 0.29) is 24.3 Å². The number of hydrogen-bond donors (Lipinski definition) is 2. The van der Waals surface area contributed by atoms with E-state index in [0.29, 0.717) is 5.56 Å². The molecule has 19 heavy (non-hydrogen) atoms. The van der Waals surface area contributed by atoms with E-state index in [9.17, 15) is 18.8 Å². The van der Waals surface area contributed by atoms with Crippen LogP contribution in [0.2, 0.25) is 0 Å². The maximum atomic E-state index is 13.7. The third-order valence-corrected chi connectivity index (χ3v) is 2.98. The van der Waals surface area contributed by atoms with E-state index in [1.165, 1.54) is 6.07 Å². The zero-order valence-corrected chi connectivity index (χ0v) is 10.3. The molecule has 1 saturated heterocycles. The number of benzene rings is 1. The zero-order chi connectivity index (χ0) is 14.0. The van der Waals surface area contributed by atoms with E-state index >= 15 is 0 Å². The molecule has 1 aliphatic heterocycles. The fourth-order valence-corrected chi connectivity index (χ4v) is 1.89. The van der Waals surface area contributed by atoms with Crippen molar-refractivity contribution in [3.8, 4) is 0 Å². The smallest absolute Gasteiger partial charge is 0.254 e. The minimum Gasteiger partial charge on any atom is -0.340 e. The van der Waals surface area contributed by atoms with Gasteiger partial charge < -0.3 is 5.32 Å². The predicted octanol–water partition coefficient (Wildman–Crippen LogP) is 0.669. The van der Waals surface area contributed by atoms with Gasteiger partial charge in [-0.25, -0.2) is 4.39 Å². The van der Waals surface area contributed by atoms with Crippen molar-refractivity contribution in [3.05, 3.63) is 35.1 Å². The topological polar surface area (TPSA) is 75.3 Å². The average Bonchev–Trinajstić information content (AvgIpc) is 2.36. The lowest BCUT2D eigenvalue weighted by molar-refractivity contribution is -0.134. The molecule has 0 bridgehead atoms. The zero-order valence-electron chi connectivity index (χ0n) is 10.3. The van der Waals surface area contributed by atoms with Crippen LogP contribution in [0.25, 0.3) is 0 Å². The third kappa shape index (κ3) is 2.78. The molecule has 1 heterocycles. The lowest BCUT2D eigenvalue weighted by Gasteiger charge is -2.21. The van der Waals surface area contributed by atoms with Crippen LogP contribution >= 0.6 is 0 Å². The van der Waals surface area contributed by atoms with E-state index in [1.807, 2.05) is 0 Å². The minimum absolute atomic E-state index is 0.107. The van der Waals surface area contributed by atoms with Crippen molar-refractivity contribution >= 4 is 17.7 Å². The second-order valence-electron chi connectivity index (χ2n) is 4.41. The van der Waals surface area contributed by atoms with Crippen LogP contribution < -0.4 is 10.6 Å². The van der Waals surface area contributed by atoms with Gasteiger partial charge in [0.2, 0.25) is 11.8 Å². The standard InChI is InChI=1S/C13H13FN2O3/c1-7-3-2-4-8(11(7)14)12(18)15-9-5-6-10(17)16-13(9)19/h2-4,9H,5-6H2,1H3,(H,15,18)(H,16,17,19). The maximum Gasteiger partial charge on any atom is 0.254 e. The second kappa shape index (κ2) is 5.17. The summed E-state index contributed by atoms with van der Waals surface area (Å²) in [5.74, 6) is -2.18. The number of hydrogen-bond acceptors (Lipinski definition) is 3. The van der Waals surface area contributed by atoms with Gasteiger partial charge in [0, 0.05) is 6.42 Å². The molecule has 1 aliphatic rings. The van der Waals surface area contributed by atoms with E-state index in [4.69, 9.17) is 0 Å². The highest BCUT2D eigenvalue weighted by Crippen LogP contribution is 2.13. The van der Waals surface area contributed by atoms with Gasteiger partial charge >= 0.3 is 0 Å². The number of aryl methyl sites for hydroxylation is 1. The van der Waals surface area contributed by atoms with E-state index < -0.39 is 23.7 Å². The molecular weight excluding hydrogens is 251 g/mol. The molecule has 100 valence electrons. The van der Waals surface area contributed by atoms with Crippen molar-refractivity contribution in [2.45, 2.75) is 25.8 Å². The molecule has 2 rings (SSSR count). The van der Waals surface area contributed by atoms with Crippen LogP contribution in [-0.2, 0) is 9.59 Å². The molecule has 3 amide bonds. The molecule has 0 radical (unpaired) electrons. The minimum atomic E-state index is -0.801. The van der Waals surface area contributed by atoms with Gasteiger partial charge in [0.05, 0.1) is 5.56 Å². The Morgan fingerprint density at radius 1 is 1.42 bits per heavy atom. The summed E-state index contributed by atoms with van der Waals surface area (Å²) in [6.07, 6.45) is 0.386. The maximum absolute atomic E-state index is 13.7. The molecule has 0 saturated carbocycles. The van der Waals surface area contributed by atoms with Gasteiger partial charge in [-0.1, -0.05) is 12.1 Å². The molecule has 5 nitrogen and oxygen atoms in total. The normalized spacial score (nSPS) is 18.9. The van der Waals surface area contributed by atoms with Crippen molar-refractivity contribution in [2.24, 2.45) is 0 Å². The van der Waals surface area contributed by atoms with E-state index in [2.05, 4.69) is 10.6 Å². The molecule has 0 aromatic heterocycles. The Bertz CT molecular complexity index is 557. The summed E-state index contributed by atoms with van der Waals surface area (Å²) < 4.78 is 13.7. The van der Waals surface area contributed by atoms with Crippen LogP contribution in [0.5, 0.6) is 0 Å². The van der Waals surface area contributed by atoms with Crippen LogP contribution in [0.3, 0.4) is 0 Å². The number of piperidine rings is 1. The van der Waals surface area contributed by atoms with Gasteiger partial charge in [-0.2, -0.15) is 0 Å². The number of nitrogens with one attached hydrogen (secondary N) is 2. The quantitative estimate of drug-likeness (QED) is 0.771. The molecule has 1 atom stereocenters. The van der Waals surface area contributed by atoms with Crippen LogP contribution in [0.4, 0.5) is 4.39 Å². The lowest BCUT2D eigenvalue weighted by atomic mass is 10.0. The monoisotopic (exact) mass is 264 g/mol. The van der Waals surface area contributed by atoms with Crippen molar-refractivity contribution in [2.75, 3.05) is 0 Å². The summed E-state index contributed by atoms with van der Waals surface area (Å²) in [5.41, 5.74) is 0.251. The van der Waals surface area contributed by atoms with Crippen LogP contribution in [0.15, 0.2) is 18.2 Å².